The van der Waals surface area contributed by atoms with E-state index in [1.54, 1.807) is 6.20 Å². The van der Waals surface area contributed by atoms with Gasteiger partial charge in [-0.15, -0.1) is 11.3 Å². The molecule has 0 amide bonds. The van der Waals surface area contributed by atoms with E-state index in [0.717, 1.165) is 10.0 Å². The van der Waals surface area contributed by atoms with Crippen LogP contribution in [0, 0.1) is 6.92 Å². The van der Waals surface area contributed by atoms with Gasteiger partial charge in [-0.1, -0.05) is 0 Å². The van der Waals surface area contributed by atoms with Gasteiger partial charge in [-0.3, -0.25) is 9.36 Å². The molecule has 0 saturated carbocycles. The largest absolute Gasteiger partial charge is 0.347 e. The van der Waals surface area contributed by atoms with Crippen molar-refractivity contribution in [3.63, 3.8) is 0 Å². The molecule has 0 aromatic carbocycles. The Hall–Kier alpha value is -1.27. The second-order valence-electron chi connectivity index (χ2n) is 3.56. The predicted molar refractivity (Wildman–Crippen MR) is 69.6 cm³/mol. The Kier molecular flexibility index (Phi) is 3.54. The smallest absolute Gasteiger partial charge is 0.291 e. The second kappa shape index (κ2) is 4.93. The Labute approximate surface area is 110 Å². The number of Topliss-reactive ketones (excluding diaryl/α,β-unsaturated/α-hetero) is 1. The summed E-state index contributed by atoms with van der Waals surface area (Å²) < 4.78 is 2.09. The van der Waals surface area contributed by atoms with Crippen LogP contribution in [0.15, 0.2) is 33.1 Å². The van der Waals surface area contributed by atoms with Crippen LogP contribution in [0.3, 0.4) is 0 Å². The number of hydrogen-bond acceptors (Lipinski definition) is 4. The Morgan fingerprint density at radius 1 is 1.59 bits per heavy atom. The molecule has 6 heteroatoms. The number of thiophene rings is 1. The lowest BCUT2D eigenvalue weighted by molar-refractivity contribution is 0.0973. The van der Waals surface area contributed by atoms with E-state index in [1.165, 1.54) is 22.1 Å². The number of carbonyl (C=O) groups is 1. The first kappa shape index (κ1) is 12.2. The summed E-state index contributed by atoms with van der Waals surface area (Å²) in [5.74, 6) is -0.0959. The van der Waals surface area contributed by atoms with Gasteiger partial charge in [0.25, 0.3) is 0 Å². The first-order chi connectivity index (χ1) is 8.08. The van der Waals surface area contributed by atoms with E-state index in [-0.39, 0.29) is 12.3 Å². The molecule has 0 aliphatic rings. The molecule has 0 spiro atoms. The van der Waals surface area contributed by atoms with E-state index < -0.39 is 5.69 Å². The standard InChI is InChI=1S/C11H9BrN2O2S/c1-7-4-13-11(16)14(5-7)6-9(15)10-8(12)2-3-17-10/h2-5H,6H2,1H3. The summed E-state index contributed by atoms with van der Waals surface area (Å²) in [4.78, 5) is 27.7. The fourth-order valence-corrected chi connectivity index (χ4v) is 2.92. The van der Waals surface area contributed by atoms with Gasteiger partial charge in [-0.2, -0.15) is 0 Å². The summed E-state index contributed by atoms with van der Waals surface area (Å²) in [6.45, 7) is 1.85. The molecule has 0 saturated heterocycles. The molecule has 0 bridgehead atoms. The number of carbonyl (C=O) groups excluding carboxylic acids is 1. The number of aromatic nitrogens is 2. The molecule has 2 heterocycles. The summed E-state index contributed by atoms with van der Waals surface area (Å²) >= 11 is 4.65. The first-order valence-electron chi connectivity index (χ1n) is 4.87. The first-order valence-corrected chi connectivity index (χ1v) is 6.54. The maximum absolute atomic E-state index is 12.0. The molecule has 0 atom stereocenters. The van der Waals surface area contributed by atoms with Gasteiger partial charge in [0.2, 0.25) is 0 Å². The van der Waals surface area contributed by atoms with E-state index in [4.69, 9.17) is 0 Å². The lowest BCUT2D eigenvalue weighted by Crippen LogP contribution is -2.25. The number of ketones is 1. The monoisotopic (exact) mass is 312 g/mol. The van der Waals surface area contributed by atoms with Crippen LogP contribution in [-0.4, -0.2) is 15.3 Å². The lowest BCUT2D eigenvalue weighted by Gasteiger charge is -2.04. The Bertz CT molecular complexity index is 618. The molecule has 0 N–H and O–H groups in total. The molecule has 0 unspecified atom stereocenters. The van der Waals surface area contributed by atoms with Crippen molar-refractivity contribution in [2.75, 3.05) is 0 Å². The van der Waals surface area contributed by atoms with E-state index in [0.29, 0.717) is 4.88 Å². The number of aryl methyl sites for hydroxylation is 1. The van der Waals surface area contributed by atoms with Crippen molar-refractivity contribution in [1.82, 2.24) is 9.55 Å². The van der Waals surface area contributed by atoms with Crippen molar-refractivity contribution in [1.29, 1.82) is 0 Å². The van der Waals surface area contributed by atoms with Crippen LogP contribution in [0.1, 0.15) is 15.2 Å². The van der Waals surface area contributed by atoms with E-state index in [2.05, 4.69) is 20.9 Å². The summed E-state index contributed by atoms with van der Waals surface area (Å²) in [6.07, 6.45) is 3.12. The maximum atomic E-state index is 12.0. The maximum Gasteiger partial charge on any atom is 0.347 e. The highest BCUT2D eigenvalue weighted by atomic mass is 79.9. The van der Waals surface area contributed by atoms with Gasteiger partial charge in [0.15, 0.2) is 5.78 Å². The zero-order chi connectivity index (χ0) is 12.4. The minimum absolute atomic E-state index is 0.0205. The highest BCUT2D eigenvalue weighted by molar-refractivity contribution is 9.10. The summed E-state index contributed by atoms with van der Waals surface area (Å²) in [5, 5.41) is 1.83. The third-order valence-electron chi connectivity index (χ3n) is 2.17. The number of hydrogen-bond donors (Lipinski definition) is 0. The fourth-order valence-electron chi connectivity index (χ4n) is 1.40. The average molecular weight is 313 g/mol. The number of halogens is 1. The molecule has 2 rings (SSSR count). The van der Waals surface area contributed by atoms with Crippen LogP contribution in [0.4, 0.5) is 0 Å². The van der Waals surface area contributed by atoms with Gasteiger partial charge >= 0.3 is 5.69 Å². The molecule has 0 fully saturated rings. The second-order valence-corrected chi connectivity index (χ2v) is 5.33. The van der Waals surface area contributed by atoms with Crippen LogP contribution >= 0.6 is 27.3 Å². The van der Waals surface area contributed by atoms with Crippen LogP contribution < -0.4 is 5.69 Å². The van der Waals surface area contributed by atoms with Crippen molar-refractivity contribution < 1.29 is 4.79 Å². The number of nitrogens with zero attached hydrogens (tertiary/aromatic N) is 2. The molecule has 4 nitrogen and oxygen atoms in total. The normalized spacial score (nSPS) is 10.5. The predicted octanol–water partition coefficient (Wildman–Crippen LogP) is 2.26. The highest BCUT2D eigenvalue weighted by Gasteiger charge is 2.13. The molecule has 2 aromatic heterocycles. The lowest BCUT2D eigenvalue weighted by atomic mass is 10.3. The minimum atomic E-state index is -0.406. The molecule has 0 radical (unpaired) electrons. The van der Waals surface area contributed by atoms with Gasteiger partial charge in [0.05, 0.1) is 11.4 Å². The Morgan fingerprint density at radius 3 is 3.00 bits per heavy atom. The summed E-state index contributed by atoms with van der Waals surface area (Å²) in [6, 6.07) is 1.81. The topological polar surface area (TPSA) is 52.0 Å². The summed E-state index contributed by atoms with van der Waals surface area (Å²) in [7, 11) is 0. The minimum Gasteiger partial charge on any atom is -0.291 e. The van der Waals surface area contributed by atoms with Gasteiger partial charge in [0, 0.05) is 16.9 Å². The van der Waals surface area contributed by atoms with Crippen molar-refractivity contribution in [3.8, 4) is 0 Å². The van der Waals surface area contributed by atoms with Crippen LogP contribution in [0.5, 0.6) is 0 Å². The molecular weight excluding hydrogens is 304 g/mol. The Morgan fingerprint density at radius 2 is 2.35 bits per heavy atom. The Balaban J connectivity index is 2.28. The number of rotatable bonds is 3. The van der Waals surface area contributed by atoms with Gasteiger partial charge in [-0.25, -0.2) is 9.78 Å². The average Bonchev–Trinajstić information content (AvgIpc) is 2.70. The molecule has 88 valence electrons. The van der Waals surface area contributed by atoms with E-state index in [1.807, 2.05) is 18.4 Å². The van der Waals surface area contributed by atoms with Crippen LogP contribution in [0.2, 0.25) is 0 Å². The third-order valence-corrected chi connectivity index (χ3v) is 4.05. The van der Waals surface area contributed by atoms with E-state index >= 15 is 0 Å². The zero-order valence-corrected chi connectivity index (χ0v) is 11.4. The van der Waals surface area contributed by atoms with E-state index in [9.17, 15) is 9.59 Å². The SMILES string of the molecule is Cc1cnc(=O)n(CC(=O)c2sccc2Br)c1. The van der Waals surface area contributed by atoms with Crippen molar-refractivity contribution in [2.24, 2.45) is 0 Å². The zero-order valence-electron chi connectivity index (χ0n) is 9.01. The van der Waals surface area contributed by atoms with Crippen LogP contribution in [0.25, 0.3) is 0 Å². The van der Waals surface area contributed by atoms with Crippen molar-refractivity contribution in [3.05, 3.63) is 49.2 Å². The van der Waals surface area contributed by atoms with Gasteiger partial charge in [0.1, 0.15) is 0 Å². The molecule has 17 heavy (non-hydrogen) atoms. The quantitative estimate of drug-likeness (QED) is 0.817. The van der Waals surface area contributed by atoms with Gasteiger partial charge < -0.3 is 0 Å². The highest BCUT2D eigenvalue weighted by Crippen LogP contribution is 2.23. The molecule has 0 aliphatic heterocycles. The van der Waals surface area contributed by atoms with Crippen molar-refractivity contribution >= 4 is 33.0 Å². The van der Waals surface area contributed by atoms with Crippen molar-refractivity contribution in [2.45, 2.75) is 13.5 Å². The fraction of sp³-hybridized carbons (Fsp3) is 0.182. The summed E-state index contributed by atoms with van der Waals surface area (Å²) in [5.41, 5.74) is 0.444. The van der Waals surface area contributed by atoms with Crippen LogP contribution in [-0.2, 0) is 6.54 Å². The molecule has 0 aliphatic carbocycles. The molecule has 2 aromatic rings. The van der Waals surface area contributed by atoms with Gasteiger partial charge in [-0.05, 0) is 39.9 Å². The molecular formula is C11H9BrN2O2S. The third kappa shape index (κ3) is 2.70.